The second kappa shape index (κ2) is 6.38. The molecule has 0 unspecified atom stereocenters. The zero-order valence-corrected chi connectivity index (χ0v) is 10.6. The van der Waals surface area contributed by atoms with Gasteiger partial charge in [-0.3, -0.25) is 4.98 Å². The minimum atomic E-state index is -0.905. The lowest BCUT2D eigenvalue weighted by molar-refractivity contribution is 0.0698. The molecule has 4 heteroatoms. The molecule has 4 nitrogen and oxygen atoms in total. The van der Waals surface area contributed by atoms with Gasteiger partial charge in [-0.05, 0) is 18.4 Å². The van der Waals surface area contributed by atoms with Crippen LogP contribution in [0.4, 0.5) is 5.69 Å². The van der Waals surface area contributed by atoms with Crippen LogP contribution in [0.3, 0.4) is 0 Å². The van der Waals surface area contributed by atoms with Crippen molar-refractivity contribution in [2.75, 3.05) is 11.9 Å². The van der Waals surface area contributed by atoms with Gasteiger partial charge in [0.2, 0.25) is 0 Å². The highest BCUT2D eigenvalue weighted by molar-refractivity contribution is 5.93. The van der Waals surface area contributed by atoms with Crippen LogP contribution in [0.15, 0.2) is 18.5 Å². The van der Waals surface area contributed by atoms with Gasteiger partial charge in [0.25, 0.3) is 0 Å². The van der Waals surface area contributed by atoms with E-state index in [0.29, 0.717) is 11.3 Å². The number of carboxylic acids is 1. The summed E-state index contributed by atoms with van der Waals surface area (Å²) in [5.41, 5.74) is 0.925. The summed E-state index contributed by atoms with van der Waals surface area (Å²) in [6, 6.07) is 1.53. The van der Waals surface area contributed by atoms with Gasteiger partial charge in [0.05, 0.1) is 17.4 Å². The van der Waals surface area contributed by atoms with E-state index >= 15 is 0 Å². The molecular formula is C14H20N2O2. The number of carboxylic acid groups (broad SMARTS) is 1. The lowest BCUT2D eigenvalue weighted by Gasteiger charge is -2.21. The SMILES string of the molecule is O=C(O)c1ccncc1NCCC1CCCCC1. The largest absolute Gasteiger partial charge is 0.478 e. The van der Waals surface area contributed by atoms with E-state index in [4.69, 9.17) is 5.11 Å². The zero-order chi connectivity index (χ0) is 12.8. The van der Waals surface area contributed by atoms with E-state index in [0.717, 1.165) is 18.9 Å². The standard InChI is InChI=1S/C14H20N2O2/c17-14(18)12-7-8-15-10-13(12)16-9-6-11-4-2-1-3-5-11/h7-8,10-11,16H,1-6,9H2,(H,17,18). The smallest absolute Gasteiger partial charge is 0.337 e. The highest BCUT2D eigenvalue weighted by Gasteiger charge is 2.14. The number of aromatic carboxylic acids is 1. The van der Waals surface area contributed by atoms with Crippen LogP contribution in [0.2, 0.25) is 0 Å². The Morgan fingerprint density at radius 3 is 2.89 bits per heavy atom. The first-order chi connectivity index (χ1) is 8.77. The van der Waals surface area contributed by atoms with Crippen molar-refractivity contribution >= 4 is 11.7 Å². The summed E-state index contributed by atoms with van der Waals surface area (Å²) in [6.45, 7) is 0.830. The molecule has 2 N–H and O–H groups in total. The number of aromatic nitrogens is 1. The van der Waals surface area contributed by atoms with Crippen molar-refractivity contribution in [3.8, 4) is 0 Å². The predicted molar refractivity (Wildman–Crippen MR) is 70.9 cm³/mol. The molecule has 98 valence electrons. The normalized spacial score (nSPS) is 16.4. The van der Waals surface area contributed by atoms with Crippen molar-refractivity contribution < 1.29 is 9.90 Å². The maximum Gasteiger partial charge on any atom is 0.337 e. The molecule has 1 aliphatic carbocycles. The fourth-order valence-electron chi connectivity index (χ4n) is 2.61. The average Bonchev–Trinajstić information content (AvgIpc) is 2.40. The van der Waals surface area contributed by atoms with Crippen molar-refractivity contribution in [2.45, 2.75) is 38.5 Å². The first-order valence-corrected chi connectivity index (χ1v) is 6.68. The van der Waals surface area contributed by atoms with Gasteiger partial charge in [0, 0.05) is 12.7 Å². The molecule has 1 aromatic rings. The van der Waals surface area contributed by atoms with Gasteiger partial charge in [-0.1, -0.05) is 32.1 Å². The molecule has 0 spiro atoms. The molecular weight excluding hydrogens is 228 g/mol. The third-order valence-corrected chi connectivity index (χ3v) is 3.64. The Kier molecular flexibility index (Phi) is 4.56. The Labute approximate surface area is 107 Å². The van der Waals surface area contributed by atoms with Crippen molar-refractivity contribution in [3.05, 3.63) is 24.0 Å². The monoisotopic (exact) mass is 248 g/mol. The quantitative estimate of drug-likeness (QED) is 0.840. The van der Waals surface area contributed by atoms with Crippen LogP contribution in [0.25, 0.3) is 0 Å². The molecule has 0 bridgehead atoms. The Balaban J connectivity index is 1.84. The van der Waals surface area contributed by atoms with Crippen LogP contribution in [0.5, 0.6) is 0 Å². The molecule has 1 heterocycles. The Morgan fingerprint density at radius 1 is 1.39 bits per heavy atom. The summed E-state index contributed by atoms with van der Waals surface area (Å²) in [5, 5.41) is 12.2. The van der Waals surface area contributed by atoms with E-state index in [2.05, 4.69) is 10.3 Å². The van der Waals surface area contributed by atoms with Gasteiger partial charge < -0.3 is 10.4 Å². The number of carbonyl (C=O) groups is 1. The highest BCUT2D eigenvalue weighted by Crippen LogP contribution is 2.26. The van der Waals surface area contributed by atoms with Gasteiger partial charge in [-0.25, -0.2) is 4.79 Å². The second-order valence-corrected chi connectivity index (χ2v) is 4.95. The summed E-state index contributed by atoms with van der Waals surface area (Å²) < 4.78 is 0. The van der Waals surface area contributed by atoms with Crippen molar-refractivity contribution in [2.24, 2.45) is 5.92 Å². The number of nitrogens with zero attached hydrogens (tertiary/aromatic N) is 1. The topological polar surface area (TPSA) is 62.2 Å². The molecule has 0 saturated heterocycles. The third kappa shape index (κ3) is 3.45. The molecule has 0 radical (unpaired) electrons. The van der Waals surface area contributed by atoms with E-state index in [-0.39, 0.29) is 0 Å². The van der Waals surface area contributed by atoms with Gasteiger partial charge in [0.1, 0.15) is 0 Å². The third-order valence-electron chi connectivity index (χ3n) is 3.64. The molecule has 1 saturated carbocycles. The van der Waals surface area contributed by atoms with Crippen LogP contribution in [0, 0.1) is 5.92 Å². The van der Waals surface area contributed by atoms with Crippen LogP contribution in [0.1, 0.15) is 48.9 Å². The van der Waals surface area contributed by atoms with Crippen LogP contribution in [-0.2, 0) is 0 Å². The van der Waals surface area contributed by atoms with E-state index in [1.165, 1.54) is 44.4 Å². The average molecular weight is 248 g/mol. The van der Waals surface area contributed by atoms with Gasteiger partial charge in [0.15, 0.2) is 0 Å². The van der Waals surface area contributed by atoms with Crippen LogP contribution in [-0.4, -0.2) is 22.6 Å². The number of nitrogens with one attached hydrogen (secondary N) is 1. The summed E-state index contributed by atoms with van der Waals surface area (Å²) in [6.07, 6.45) is 10.9. The lowest BCUT2D eigenvalue weighted by Crippen LogP contribution is -2.13. The Hall–Kier alpha value is -1.58. The number of hydrogen-bond donors (Lipinski definition) is 2. The molecule has 1 aliphatic rings. The van der Waals surface area contributed by atoms with Crippen molar-refractivity contribution in [1.29, 1.82) is 0 Å². The fraction of sp³-hybridized carbons (Fsp3) is 0.571. The van der Waals surface area contributed by atoms with Gasteiger partial charge >= 0.3 is 5.97 Å². The molecule has 1 fully saturated rings. The summed E-state index contributed by atoms with van der Waals surface area (Å²) in [4.78, 5) is 15.0. The number of anilines is 1. The molecule has 0 amide bonds. The highest BCUT2D eigenvalue weighted by atomic mass is 16.4. The summed E-state index contributed by atoms with van der Waals surface area (Å²) in [7, 11) is 0. The molecule has 0 atom stereocenters. The van der Waals surface area contributed by atoms with Crippen LogP contribution >= 0.6 is 0 Å². The summed E-state index contributed by atoms with van der Waals surface area (Å²) in [5.74, 6) is -0.103. The zero-order valence-electron chi connectivity index (χ0n) is 10.6. The first-order valence-electron chi connectivity index (χ1n) is 6.68. The Bertz CT molecular complexity index is 401. The minimum absolute atomic E-state index is 0.300. The van der Waals surface area contributed by atoms with Crippen molar-refractivity contribution in [1.82, 2.24) is 4.98 Å². The molecule has 0 aliphatic heterocycles. The lowest BCUT2D eigenvalue weighted by atomic mass is 9.87. The maximum absolute atomic E-state index is 11.0. The number of pyridine rings is 1. The van der Waals surface area contributed by atoms with Gasteiger partial charge in [-0.15, -0.1) is 0 Å². The molecule has 0 aromatic carbocycles. The van der Waals surface area contributed by atoms with Crippen LogP contribution < -0.4 is 5.32 Å². The van der Waals surface area contributed by atoms with Crippen molar-refractivity contribution in [3.63, 3.8) is 0 Å². The predicted octanol–water partition coefficient (Wildman–Crippen LogP) is 3.16. The van der Waals surface area contributed by atoms with E-state index < -0.39 is 5.97 Å². The Morgan fingerprint density at radius 2 is 2.17 bits per heavy atom. The van der Waals surface area contributed by atoms with E-state index in [1.54, 1.807) is 6.20 Å². The maximum atomic E-state index is 11.0. The molecule has 2 rings (SSSR count). The summed E-state index contributed by atoms with van der Waals surface area (Å²) >= 11 is 0. The second-order valence-electron chi connectivity index (χ2n) is 4.95. The fourth-order valence-corrected chi connectivity index (χ4v) is 2.61. The van der Waals surface area contributed by atoms with E-state index in [9.17, 15) is 4.79 Å². The number of rotatable bonds is 5. The molecule has 1 aromatic heterocycles. The first kappa shape index (κ1) is 12.9. The van der Waals surface area contributed by atoms with E-state index in [1.807, 2.05) is 0 Å². The number of hydrogen-bond acceptors (Lipinski definition) is 3. The molecule has 18 heavy (non-hydrogen) atoms. The minimum Gasteiger partial charge on any atom is -0.478 e. The van der Waals surface area contributed by atoms with Gasteiger partial charge in [-0.2, -0.15) is 0 Å².